The number of aliphatic hydroxyl groups is 1. The predicted octanol–water partition coefficient (Wildman–Crippen LogP) is 2.31. The van der Waals surface area contributed by atoms with E-state index < -0.39 is 0 Å². The highest BCUT2D eigenvalue weighted by atomic mass is 35.5. The lowest BCUT2D eigenvalue weighted by Gasteiger charge is -2.33. The number of pyridine rings is 2. The molecule has 0 radical (unpaired) electrons. The molecule has 22 heavy (non-hydrogen) atoms. The van der Waals surface area contributed by atoms with E-state index in [1.54, 1.807) is 12.4 Å². The van der Waals surface area contributed by atoms with Gasteiger partial charge < -0.3 is 20.7 Å². The third kappa shape index (κ3) is 2.07. The van der Waals surface area contributed by atoms with Crippen molar-refractivity contribution in [3.63, 3.8) is 0 Å². The number of nitrogens with one attached hydrogen (secondary N) is 1. The highest BCUT2D eigenvalue weighted by Gasteiger charge is 2.24. The van der Waals surface area contributed by atoms with Crippen LogP contribution in [0.1, 0.15) is 12.8 Å². The molecule has 1 fully saturated rings. The molecule has 114 valence electrons. The molecule has 6 nitrogen and oxygen atoms in total. The van der Waals surface area contributed by atoms with Crippen LogP contribution >= 0.6 is 11.6 Å². The maximum Gasteiger partial charge on any atom is 0.140 e. The second kappa shape index (κ2) is 5.00. The van der Waals surface area contributed by atoms with Gasteiger partial charge >= 0.3 is 0 Å². The Labute approximate surface area is 131 Å². The first-order valence-corrected chi connectivity index (χ1v) is 7.65. The van der Waals surface area contributed by atoms with E-state index >= 15 is 0 Å². The molecule has 0 aliphatic carbocycles. The summed E-state index contributed by atoms with van der Waals surface area (Å²) < 4.78 is 0. The summed E-state index contributed by atoms with van der Waals surface area (Å²) in [6.45, 7) is 1.44. The number of β-amino-alcohol motifs (C(OH)–C–C–N with tert-alkyl or cyclic N) is 1. The van der Waals surface area contributed by atoms with E-state index in [9.17, 15) is 5.11 Å². The number of aliphatic hydroxyl groups excluding tert-OH is 1. The fourth-order valence-corrected chi connectivity index (χ4v) is 3.46. The number of nitrogens with two attached hydrogens (primary N) is 1. The quantitative estimate of drug-likeness (QED) is 0.640. The van der Waals surface area contributed by atoms with Crippen LogP contribution in [0.5, 0.6) is 0 Å². The molecule has 1 saturated heterocycles. The molecular formula is C15H16ClN5O. The average Bonchev–Trinajstić information content (AvgIpc) is 2.85. The van der Waals surface area contributed by atoms with Crippen LogP contribution in [0.3, 0.4) is 0 Å². The lowest BCUT2D eigenvalue weighted by Crippen LogP contribution is -2.38. The second-order valence-corrected chi connectivity index (χ2v) is 6.11. The number of aromatic amines is 1. The zero-order valence-electron chi connectivity index (χ0n) is 11.9. The summed E-state index contributed by atoms with van der Waals surface area (Å²) in [6, 6.07) is 1.83. The summed E-state index contributed by atoms with van der Waals surface area (Å²) in [4.78, 5) is 13.9. The fourth-order valence-electron chi connectivity index (χ4n) is 3.20. The molecule has 3 aromatic heterocycles. The van der Waals surface area contributed by atoms with Crippen molar-refractivity contribution in [1.29, 1.82) is 0 Å². The van der Waals surface area contributed by atoms with Gasteiger partial charge in [-0.2, -0.15) is 0 Å². The van der Waals surface area contributed by atoms with Gasteiger partial charge in [0.2, 0.25) is 0 Å². The van der Waals surface area contributed by atoms with Gasteiger partial charge in [0, 0.05) is 18.5 Å². The molecule has 4 heterocycles. The van der Waals surface area contributed by atoms with Gasteiger partial charge in [0.15, 0.2) is 0 Å². The van der Waals surface area contributed by atoms with Gasteiger partial charge in [-0.15, -0.1) is 0 Å². The lowest BCUT2D eigenvalue weighted by atomic mass is 10.1. The molecule has 3 aromatic rings. The average molecular weight is 318 g/mol. The standard InChI is InChI=1S/C15H16ClN5O/c16-10-5-19-15-13(9-4-12(17)18-6-11(9)20-15)14(10)21-3-1-2-8(22)7-21/h4-6,8,22H,1-3,7H2,(H2,17,18)(H,19,20)/t8-/m0/s1. The molecule has 1 aliphatic heterocycles. The molecule has 0 aromatic carbocycles. The van der Waals surface area contributed by atoms with Crippen LogP contribution in [0.4, 0.5) is 11.5 Å². The molecule has 4 N–H and O–H groups in total. The van der Waals surface area contributed by atoms with Crippen LogP contribution in [0.15, 0.2) is 18.5 Å². The van der Waals surface area contributed by atoms with Crippen molar-refractivity contribution in [2.45, 2.75) is 18.9 Å². The smallest absolute Gasteiger partial charge is 0.140 e. The lowest BCUT2D eigenvalue weighted by molar-refractivity contribution is 0.154. The normalized spacial score (nSPS) is 19.2. The number of hydrogen-bond donors (Lipinski definition) is 3. The molecule has 0 unspecified atom stereocenters. The Bertz CT molecular complexity index is 862. The zero-order valence-corrected chi connectivity index (χ0v) is 12.6. The minimum atomic E-state index is -0.329. The number of nitrogen functional groups attached to an aromatic ring is 1. The monoisotopic (exact) mass is 317 g/mol. The molecular weight excluding hydrogens is 302 g/mol. The maximum atomic E-state index is 9.97. The summed E-state index contributed by atoms with van der Waals surface area (Å²) in [7, 11) is 0. The number of fused-ring (bicyclic) bond motifs is 3. The number of nitrogens with zero attached hydrogens (tertiary/aromatic N) is 3. The predicted molar refractivity (Wildman–Crippen MR) is 88.3 cm³/mol. The number of rotatable bonds is 1. The van der Waals surface area contributed by atoms with Crippen molar-refractivity contribution < 1.29 is 5.11 Å². The van der Waals surface area contributed by atoms with Crippen LogP contribution in [0.2, 0.25) is 5.02 Å². The van der Waals surface area contributed by atoms with E-state index in [1.807, 2.05) is 6.07 Å². The van der Waals surface area contributed by atoms with Crippen molar-refractivity contribution in [3.05, 3.63) is 23.5 Å². The summed E-state index contributed by atoms with van der Waals surface area (Å²) >= 11 is 6.43. The van der Waals surface area contributed by atoms with E-state index in [1.165, 1.54) is 0 Å². The van der Waals surface area contributed by atoms with Gasteiger partial charge in [0.05, 0.1) is 40.1 Å². The van der Waals surface area contributed by atoms with Gasteiger partial charge in [0.1, 0.15) is 11.5 Å². The first-order chi connectivity index (χ1) is 10.6. The number of halogens is 1. The number of aromatic nitrogens is 3. The third-order valence-electron chi connectivity index (χ3n) is 4.17. The largest absolute Gasteiger partial charge is 0.391 e. The molecule has 7 heteroatoms. The topological polar surface area (TPSA) is 91.1 Å². The third-order valence-corrected chi connectivity index (χ3v) is 4.44. The molecule has 4 rings (SSSR count). The van der Waals surface area contributed by atoms with E-state index in [4.69, 9.17) is 17.3 Å². The van der Waals surface area contributed by atoms with Gasteiger partial charge in [-0.05, 0) is 18.9 Å². The van der Waals surface area contributed by atoms with Crippen molar-refractivity contribution >= 4 is 45.0 Å². The number of anilines is 2. The molecule has 1 atom stereocenters. The number of H-pyrrole nitrogens is 1. The van der Waals surface area contributed by atoms with Gasteiger partial charge in [-0.25, -0.2) is 9.97 Å². The molecule has 0 amide bonds. The first kappa shape index (κ1) is 13.6. The zero-order chi connectivity index (χ0) is 15.3. The van der Waals surface area contributed by atoms with Crippen molar-refractivity contribution in [1.82, 2.24) is 15.0 Å². The first-order valence-electron chi connectivity index (χ1n) is 7.28. The highest BCUT2D eigenvalue weighted by molar-refractivity contribution is 6.35. The van der Waals surface area contributed by atoms with Crippen molar-refractivity contribution in [3.8, 4) is 0 Å². The minimum absolute atomic E-state index is 0.329. The van der Waals surface area contributed by atoms with Crippen molar-refractivity contribution in [2.75, 3.05) is 23.7 Å². The van der Waals surface area contributed by atoms with Crippen LogP contribution < -0.4 is 10.6 Å². The molecule has 0 bridgehead atoms. The van der Waals surface area contributed by atoms with Gasteiger partial charge in [-0.1, -0.05) is 11.6 Å². The minimum Gasteiger partial charge on any atom is -0.391 e. The SMILES string of the molecule is Nc1cc2c(cn1)[nH]c1ncc(Cl)c(N3CCC[C@H](O)C3)c12. The van der Waals surface area contributed by atoms with E-state index in [2.05, 4.69) is 19.9 Å². The molecule has 0 spiro atoms. The molecule has 0 saturated carbocycles. The Morgan fingerprint density at radius 3 is 3.05 bits per heavy atom. The summed E-state index contributed by atoms with van der Waals surface area (Å²) in [5.74, 6) is 0.456. The fraction of sp³-hybridized carbons (Fsp3) is 0.333. The summed E-state index contributed by atoms with van der Waals surface area (Å²) in [5.41, 5.74) is 8.36. The molecule has 1 aliphatic rings. The Kier molecular flexibility index (Phi) is 3.09. The Morgan fingerprint density at radius 2 is 2.23 bits per heavy atom. The number of hydrogen-bond acceptors (Lipinski definition) is 5. The van der Waals surface area contributed by atoms with Crippen LogP contribution in [-0.4, -0.2) is 39.3 Å². The van der Waals surface area contributed by atoms with E-state index in [0.717, 1.165) is 47.0 Å². The van der Waals surface area contributed by atoms with Crippen molar-refractivity contribution in [2.24, 2.45) is 0 Å². The van der Waals surface area contributed by atoms with Gasteiger partial charge in [0.25, 0.3) is 0 Å². The van der Waals surface area contributed by atoms with Crippen LogP contribution in [0, 0.1) is 0 Å². The second-order valence-electron chi connectivity index (χ2n) is 5.70. The van der Waals surface area contributed by atoms with E-state index in [-0.39, 0.29) is 6.10 Å². The van der Waals surface area contributed by atoms with Gasteiger partial charge in [-0.3, -0.25) is 0 Å². The Morgan fingerprint density at radius 1 is 1.36 bits per heavy atom. The van der Waals surface area contributed by atoms with E-state index in [0.29, 0.717) is 17.4 Å². The maximum absolute atomic E-state index is 9.97. The summed E-state index contributed by atoms with van der Waals surface area (Å²) in [6.07, 6.45) is 4.78. The van der Waals surface area contributed by atoms with Crippen LogP contribution in [0.25, 0.3) is 21.9 Å². The summed E-state index contributed by atoms with van der Waals surface area (Å²) in [5, 5.41) is 12.4. The Balaban J connectivity index is 2.01. The number of piperidine rings is 1. The Hall–Kier alpha value is -2.05. The van der Waals surface area contributed by atoms with Crippen LogP contribution in [-0.2, 0) is 0 Å². The highest BCUT2D eigenvalue weighted by Crippen LogP contribution is 2.39.